The third kappa shape index (κ3) is 3.23. The first kappa shape index (κ1) is 14.2. The van der Waals surface area contributed by atoms with E-state index < -0.39 is 0 Å². The van der Waals surface area contributed by atoms with Gasteiger partial charge in [-0.25, -0.2) is 4.39 Å². The van der Waals surface area contributed by atoms with Crippen LogP contribution in [0.3, 0.4) is 0 Å². The summed E-state index contributed by atoms with van der Waals surface area (Å²) in [6.07, 6.45) is 0.999. The molecule has 19 heavy (non-hydrogen) atoms. The van der Waals surface area contributed by atoms with Crippen molar-refractivity contribution in [1.29, 1.82) is 0 Å². The van der Waals surface area contributed by atoms with Gasteiger partial charge in [0.25, 0.3) is 0 Å². The Morgan fingerprint density at radius 1 is 1.16 bits per heavy atom. The van der Waals surface area contributed by atoms with Crippen LogP contribution in [-0.2, 0) is 6.42 Å². The Kier molecular flexibility index (Phi) is 4.72. The van der Waals surface area contributed by atoms with Crippen LogP contribution in [0.4, 0.5) is 4.39 Å². The highest BCUT2D eigenvalue weighted by Gasteiger charge is 2.13. The molecular weight excluding hydrogens is 305 g/mol. The van der Waals surface area contributed by atoms with Gasteiger partial charge in [0, 0.05) is 0 Å². The third-order valence-electron chi connectivity index (χ3n) is 3.26. The van der Waals surface area contributed by atoms with Crippen molar-refractivity contribution in [2.75, 3.05) is 7.05 Å². The average Bonchev–Trinajstić information content (AvgIpc) is 2.44. The minimum atomic E-state index is -0.232. The SMILES string of the molecule is CCc1cccc(C(NC)c2ccc(Br)c(F)c2)c1. The standard InChI is InChI=1S/C16H17BrFN/c1-3-11-5-4-6-12(9-11)16(19-2)13-7-8-14(17)15(18)10-13/h4-10,16,19H,3H2,1-2H3. The predicted octanol–water partition coefficient (Wildman–Crippen LogP) is 4.46. The minimum absolute atomic E-state index is 0.00843. The summed E-state index contributed by atoms with van der Waals surface area (Å²) in [6.45, 7) is 2.13. The van der Waals surface area contributed by atoms with Crippen molar-refractivity contribution in [3.05, 3.63) is 69.4 Å². The Morgan fingerprint density at radius 3 is 2.53 bits per heavy atom. The lowest BCUT2D eigenvalue weighted by Gasteiger charge is -2.18. The summed E-state index contributed by atoms with van der Waals surface area (Å²) in [6, 6.07) is 13.7. The highest BCUT2D eigenvalue weighted by atomic mass is 79.9. The van der Waals surface area contributed by atoms with E-state index in [1.54, 1.807) is 12.1 Å². The van der Waals surface area contributed by atoms with E-state index in [-0.39, 0.29) is 11.9 Å². The molecule has 0 aliphatic rings. The van der Waals surface area contributed by atoms with Gasteiger partial charge < -0.3 is 5.32 Å². The number of halogens is 2. The second-order valence-electron chi connectivity index (χ2n) is 4.49. The quantitative estimate of drug-likeness (QED) is 0.876. The van der Waals surface area contributed by atoms with Crippen LogP contribution in [0.1, 0.15) is 29.7 Å². The fraction of sp³-hybridized carbons (Fsp3) is 0.250. The van der Waals surface area contributed by atoms with Crippen LogP contribution in [0.2, 0.25) is 0 Å². The molecule has 0 amide bonds. The molecule has 0 aromatic heterocycles. The van der Waals surface area contributed by atoms with Gasteiger partial charge in [0.2, 0.25) is 0 Å². The van der Waals surface area contributed by atoms with Crippen LogP contribution < -0.4 is 5.32 Å². The Hall–Kier alpha value is -1.19. The number of aryl methyl sites for hydroxylation is 1. The fourth-order valence-electron chi connectivity index (χ4n) is 2.21. The summed E-state index contributed by atoms with van der Waals surface area (Å²) in [7, 11) is 1.89. The summed E-state index contributed by atoms with van der Waals surface area (Å²) in [5.41, 5.74) is 3.37. The van der Waals surface area contributed by atoms with Crippen molar-refractivity contribution in [3.8, 4) is 0 Å². The number of benzene rings is 2. The van der Waals surface area contributed by atoms with Gasteiger partial charge in [0.1, 0.15) is 5.82 Å². The zero-order valence-corrected chi connectivity index (χ0v) is 12.7. The van der Waals surface area contributed by atoms with E-state index in [0.29, 0.717) is 4.47 Å². The van der Waals surface area contributed by atoms with Crippen molar-refractivity contribution >= 4 is 15.9 Å². The molecule has 1 unspecified atom stereocenters. The Balaban J connectivity index is 2.40. The smallest absolute Gasteiger partial charge is 0.137 e. The second-order valence-corrected chi connectivity index (χ2v) is 5.35. The number of hydrogen-bond acceptors (Lipinski definition) is 1. The number of hydrogen-bond donors (Lipinski definition) is 1. The molecule has 0 aliphatic carbocycles. The maximum absolute atomic E-state index is 13.7. The molecular formula is C16H17BrFN. The van der Waals surface area contributed by atoms with Gasteiger partial charge in [-0.05, 0) is 58.2 Å². The van der Waals surface area contributed by atoms with Crippen LogP contribution in [0.25, 0.3) is 0 Å². The normalized spacial score (nSPS) is 12.4. The fourth-order valence-corrected chi connectivity index (χ4v) is 2.46. The van der Waals surface area contributed by atoms with Gasteiger partial charge in [-0.2, -0.15) is 0 Å². The van der Waals surface area contributed by atoms with Crippen LogP contribution in [0.5, 0.6) is 0 Å². The van der Waals surface area contributed by atoms with Gasteiger partial charge >= 0.3 is 0 Å². The topological polar surface area (TPSA) is 12.0 Å². The van der Waals surface area contributed by atoms with E-state index in [0.717, 1.165) is 17.5 Å². The van der Waals surface area contributed by atoms with Crippen molar-refractivity contribution in [3.63, 3.8) is 0 Å². The summed E-state index contributed by atoms with van der Waals surface area (Å²) in [5.74, 6) is -0.232. The first-order valence-corrected chi connectivity index (χ1v) is 7.16. The highest BCUT2D eigenvalue weighted by molar-refractivity contribution is 9.10. The molecule has 2 rings (SSSR count). The van der Waals surface area contributed by atoms with E-state index in [2.05, 4.69) is 46.4 Å². The van der Waals surface area contributed by atoms with Crippen LogP contribution in [0.15, 0.2) is 46.9 Å². The lowest BCUT2D eigenvalue weighted by molar-refractivity contribution is 0.610. The molecule has 1 atom stereocenters. The maximum Gasteiger partial charge on any atom is 0.137 e. The molecule has 0 fully saturated rings. The summed E-state index contributed by atoms with van der Waals surface area (Å²) in [5, 5.41) is 3.25. The molecule has 0 radical (unpaired) electrons. The van der Waals surface area contributed by atoms with Crippen LogP contribution >= 0.6 is 15.9 Å². The molecule has 2 aromatic rings. The van der Waals surface area contributed by atoms with Gasteiger partial charge in [0.15, 0.2) is 0 Å². The third-order valence-corrected chi connectivity index (χ3v) is 3.90. The molecule has 1 N–H and O–H groups in total. The molecule has 0 bridgehead atoms. The van der Waals surface area contributed by atoms with E-state index in [9.17, 15) is 4.39 Å². The molecule has 2 aromatic carbocycles. The molecule has 1 nitrogen and oxygen atoms in total. The summed E-state index contributed by atoms with van der Waals surface area (Å²) >= 11 is 3.18. The maximum atomic E-state index is 13.7. The lowest BCUT2D eigenvalue weighted by atomic mass is 9.96. The van der Waals surface area contributed by atoms with E-state index >= 15 is 0 Å². The van der Waals surface area contributed by atoms with E-state index in [4.69, 9.17) is 0 Å². The van der Waals surface area contributed by atoms with Crippen LogP contribution in [-0.4, -0.2) is 7.05 Å². The van der Waals surface area contributed by atoms with Crippen LogP contribution in [0, 0.1) is 5.82 Å². The molecule has 0 spiro atoms. The Morgan fingerprint density at radius 2 is 1.89 bits per heavy atom. The van der Waals surface area contributed by atoms with Crippen molar-refractivity contribution < 1.29 is 4.39 Å². The summed E-state index contributed by atoms with van der Waals surface area (Å²) in [4.78, 5) is 0. The van der Waals surface area contributed by atoms with Crippen molar-refractivity contribution in [2.45, 2.75) is 19.4 Å². The van der Waals surface area contributed by atoms with E-state index in [1.807, 2.05) is 19.2 Å². The first-order valence-electron chi connectivity index (χ1n) is 6.36. The van der Waals surface area contributed by atoms with Crippen molar-refractivity contribution in [2.24, 2.45) is 0 Å². The molecule has 3 heteroatoms. The molecule has 0 saturated carbocycles. The average molecular weight is 322 g/mol. The molecule has 0 saturated heterocycles. The summed E-state index contributed by atoms with van der Waals surface area (Å²) < 4.78 is 14.2. The highest BCUT2D eigenvalue weighted by Crippen LogP contribution is 2.26. The minimum Gasteiger partial charge on any atom is -0.309 e. The Bertz CT molecular complexity index is 568. The zero-order valence-electron chi connectivity index (χ0n) is 11.1. The monoisotopic (exact) mass is 321 g/mol. The van der Waals surface area contributed by atoms with Gasteiger partial charge in [-0.1, -0.05) is 37.3 Å². The second kappa shape index (κ2) is 6.31. The Labute approximate surface area is 122 Å². The zero-order chi connectivity index (χ0) is 13.8. The van der Waals surface area contributed by atoms with Gasteiger partial charge in [-0.3, -0.25) is 0 Å². The van der Waals surface area contributed by atoms with Crippen molar-refractivity contribution in [1.82, 2.24) is 5.32 Å². The largest absolute Gasteiger partial charge is 0.309 e. The molecule has 0 heterocycles. The molecule has 0 aliphatic heterocycles. The van der Waals surface area contributed by atoms with Gasteiger partial charge in [-0.15, -0.1) is 0 Å². The van der Waals surface area contributed by atoms with E-state index in [1.165, 1.54) is 5.56 Å². The molecule has 100 valence electrons. The predicted molar refractivity (Wildman–Crippen MR) is 80.8 cm³/mol. The lowest BCUT2D eigenvalue weighted by Crippen LogP contribution is -2.18. The first-order chi connectivity index (χ1) is 9.15. The number of rotatable bonds is 4. The number of nitrogens with one attached hydrogen (secondary N) is 1. The van der Waals surface area contributed by atoms with Gasteiger partial charge in [0.05, 0.1) is 10.5 Å².